The molecule has 0 unspecified atom stereocenters. The Labute approximate surface area is 97.0 Å². The van der Waals surface area contributed by atoms with E-state index in [9.17, 15) is 4.79 Å². The van der Waals surface area contributed by atoms with Crippen molar-refractivity contribution in [2.75, 3.05) is 6.54 Å². The minimum atomic E-state index is 0.129. The number of aromatic nitrogens is 2. The van der Waals surface area contributed by atoms with E-state index < -0.39 is 0 Å². The topological polar surface area (TPSA) is 46.9 Å². The van der Waals surface area contributed by atoms with Gasteiger partial charge in [-0.3, -0.25) is 9.48 Å². The highest BCUT2D eigenvalue weighted by molar-refractivity contribution is 5.76. The molecule has 0 aliphatic heterocycles. The molecule has 1 amide bonds. The zero-order valence-corrected chi connectivity index (χ0v) is 10.6. The van der Waals surface area contributed by atoms with Gasteiger partial charge >= 0.3 is 0 Å². The molecule has 0 saturated carbocycles. The number of carbonyl (C=O) groups is 1. The van der Waals surface area contributed by atoms with Gasteiger partial charge in [0.25, 0.3) is 0 Å². The van der Waals surface area contributed by atoms with E-state index in [-0.39, 0.29) is 5.91 Å². The van der Waals surface area contributed by atoms with Crippen molar-refractivity contribution in [1.82, 2.24) is 15.1 Å². The molecule has 0 saturated heterocycles. The number of amides is 1. The highest BCUT2D eigenvalue weighted by Crippen LogP contribution is 2.13. The Morgan fingerprint density at radius 2 is 2.12 bits per heavy atom. The normalized spacial score (nSPS) is 10.5. The Kier molecular flexibility index (Phi) is 4.52. The van der Waals surface area contributed by atoms with Gasteiger partial charge in [-0.1, -0.05) is 6.92 Å². The van der Waals surface area contributed by atoms with Crippen molar-refractivity contribution in [3.05, 3.63) is 17.0 Å². The summed E-state index contributed by atoms with van der Waals surface area (Å²) in [5.41, 5.74) is 3.39. The number of nitrogens with zero attached hydrogens (tertiary/aromatic N) is 2. The minimum Gasteiger partial charge on any atom is -0.356 e. The summed E-state index contributed by atoms with van der Waals surface area (Å²) in [5, 5.41) is 7.22. The van der Waals surface area contributed by atoms with Gasteiger partial charge in [0.1, 0.15) is 0 Å². The second kappa shape index (κ2) is 5.68. The molecular formula is C12H21N3O. The van der Waals surface area contributed by atoms with Gasteiger partial charge in [-0.25, -0.2) is 0 Å². The lowest BCUT2D eigenvalue weighted by molar-refractivity contribution is -0.121. The molecule has 4 nitrogen and oxygen atoms in total. The van der Waals surface area contributed by atoms with E-state index in [1.54, 1.807) is 0 Å². The van der Waals surface area contributed by atoms with E-state index in [0.717, 1.165) is 30.8 Å². The molecule has 1 rings (SSSR count). The number of rotatable bonds is 5. The maximum absolute atomic E-state index is 11.5. The van der Waals surface area contributed by atoms with Crippen LogP contribution < -0.4 is 5.32 Å². The Balaban J connectivity index is 2.51. The fraction of sp³-hybridized carbons (Fsp3) is 0.667. The van der Waals surface area contributed by atoms with E-state index in [2.05, 4.69) is 17.3 Å². The Morgan fingerprint density at radius 1 is 1.44 bits per heavy atom. The molecule has 1 aromatic heterocycles. The third kappa shape index (κ3) is 3.08. The Hall–Kier alpha value is -1.32. The highest BCUT2D eigenvalue weighted by atomic mass is 16.1. The van der Waals surface area contributed by atoms with Crippen molar-refractivity contribution in [1.29, 1.82) is 0 Å². The first-order valence-corrected chi connectivity index (χ1v) is 5.82. The monoisotopic (exact) mass is 223 g/mol. The summed E-state index contributed by atoms with van der Waals surface area (Å²) in [6.45, 7) is 6.85. The van der Waals surface area contributed by atoms with Gasteiger partial charge in [-0.2, -0.15) is 5.10 Å². The van der Waals surface area contributed by atoms with Crippen molar-refractivity contribution in [2.24, 2.45) is 7.05 Å². The molecule has 0 aliphatic rings. The number of nitrogens with one attached hydrogen (secondary N) is 1. The van der Waals surface area contributed by atoms with Crippen LogP contribution in [0.1, 0.15) is 36.7 Å². The third-order valence-electron chi connectivity index (χ3n) is 2.83. The predicted molar refractivity (Wildman–Crippen MR) is 64.3 cm³/mol. The minimum absolute atomic E-state index is 0.129. The van der Waals surface area contributed by atoms with Gasteiger partial charge in [-0.05, 0) is 32.3 Å². The van der Waals surface area contributed by atoms with E-state index in [1.165, 1.54) is 5.56 Å². The average molecular weight is 223 g/mol. The van der Waals surface area contributed by atoms with Crippen molar-refractivity contribution in [3.8, 4) is 0 Å². The van der Waals surface area contributed by atoms with Gasteiger partial charge in [-0.15, -0.1) is 0 Å². The smallest absolute Gasteiger partial charge is 0.220 e. The van der Waals surface area contributed by atoms with E-state index in [1.807, 2.05) is 25.6 Å². The van der Waals surface area contributed by atoms with Crippen LogP contribution in [0.4, 0.5) is 0 Å². The predicted octanol–water partition coefficient (Wildman–Crippen LogP) is 1.50. The number of hydrogen-bond acceptors (Lipinski definition) is 2. The third-order valence-corrected chi connectivity index (χ3v) is 2.83. The summed E-state index contributed by atoms with van der Waals surface area (Å²) in [6.07, 6.45) is 2.31. The number of carbonyl (C=O) groups excluding carboxylic acids is 1. The van der Waals surface area contributed by atoms with Gasteiger partial charge in [0.2, 0.25) is 5.91 Å². The zero-order chi connectivity index (χ0) is 12.1. The lowest BCUT2D eigenvalue weighted by atomic mass is 10.1. The first kappa shape index (κ1) is 12.7. The first-order valence-electron chi connectivity index (χ1n) is 5.82. The molecule has 0 atom stereocenters. The van der Waals surface area contributed by atoms with Crippen molar-refractivity contribution in [2.45, 2.75) is 40.0 Å². The number of aryl methyl sites for hydroxylation is 2. The Bertz CT molecular complexity index is 369. The molecule has 16 heavy (non-hydrogen) atoms. The van der Waals surface area contributed by atoms with Gasteiger partial charge in [0.15, 0.2) is 0 Å². The van der Waals surface area contributed by atoms with Crippen LogP contribution in [0.15, 0.2) is 0 Å². The van der Waals surface area contributed by atoms with E-state index in [0.29, 0.717) is 6.42 Å². The van der Waals surface area contributed by atoms with Crippen molar-refractivity contribution < 1.29 is 4.79 Å². The van der Waals surface area contributed by atoms with Crippen LogP contribution in [-0.4, -0.2) is 22.2 Å². The summed E-state index contributed by atoms with van der Waals surface area (Å²) in [6, 6.07) is 0. The summed E-state index contributed by atoms with van der Waals surface area (Å²) in [7, 11) is 1.93. The molecule has 1 heterocycles. The quantitative estimate of drug-likeness (QED) is 0.822. The lowest BCUT2D eigenvalue weighted by Crippen LogP contribution is -2.24. The van der Waals surface area contributed by atoms with Crippen LogP contribution in [0.25, 0.3) is 0 Å². The van der Waals surface area contributed by atoms with Crippen LogP contribution in [0, 0.1) is 13.8 Å². The second-order valence-electron chi connectivity index (χ2n) is 4.12. The number of hydrogen-bond donors (Lipinski definition) is 1. The molecule has 1 N–H and O–H groups in total. The second-order valence-corrected chi connectivity index (χ2v) is 4.12. The molecular weight excluding hydrogens is 202 g/mol. The lowest BCUT2D eigenvalue weighted by Gasteiger charge is -2.04. The Morgan fingerprint density at radius 3 is 2.62 bits per heavy atom. The molecule has 0 spiro atoms. The molecule has 0 radical (unpaired) electrons. The van der Waals surface area contributed by atoms with Crippen molar-refractivity contribution in [3.63, 3.8) is 0 Å². The van der Waals surface area contributed by atoms with E-state index in [4.69, 9.17) is 0 Å². The van der Waals surface area contributed by atoms with Crippen LogP contribution in [0.3, 0.4) is 0 Å². The summed E-state index contributed by atoms with van der Waals surface area (Å²) >= 11 is 0. The zero-order valence-electron chi connectivity index (χ0n) is 10.6. The molecule has 4 heteroatoms. The van der Waals surface area contributed by atoms with E-state index >= 15 is 0 Å². The van der Waals surface area contributed by atoms with Gasteiger partial charge in [0, 0.05) is 25.7 Å². The fourth-order valence-corrected chi connectivity index (χ4v) is 1.77. The molecule has 0 aromatic carbocycles. The first-order chi connectivity index (χ1) is 7.56. The van der Waals surface area contributed by atoms with Gasteiger partial charge in [0.05, 0.1) is 5.69 Å². The average Bonchev–Trinajstić information content (AvgIpc) is 2.48. The largest absolute Gasteiger partial charge is 0.356 e. The fourth-order valence-electron chi connectivity index (χ4n) is 1.77. The molecule has 0 fully saturated rings. The van der Waals surface area contributed by atoms with Crippen LogP contribution in [0.5, 0.6) is 0 Å². The van der Waals surface area contributed by atoms with Crippen LogP contribution >= 0.6 is 0 Å². The van der Waals surface area contributed by atoms with Crippen LogP contribution in [0.2, 0.25) is 0 Å². The summed E-state index contributed by atoms with van der Waals surface area (Å²) in [5.74, 6) is 0.129. The molecule has 0 bridgehead atoms. The SMILES string of the molecule is CCCNC(=O)CCc1c(C)nn(C)c1C. The summed E-state index contributed by atoms with van der Waals surface area (Å²) < 4.78 is 1.87. The van der Waals surface area contributed by atoms with Gasteiger partial charge < -0.3 is 5.32 Å². The highest BCUT2D eigenvalue weighted by Gasteiger charge is 2.10. The summed E-state index contributed by atoms with van der Waals surface area (Å²) in [4.78, 5) is 11.5. The molecule has 0 aliphatic carbocycles. The van der Waals surface area contributed by atoms with Crippen molar-refractivity contribution >= 4 is 5.91 Å². The molecule has 90 valence electrons. The standard InChI is InChI=1S/C12H21N3O/c1-5-8-13-12(16)7-6-11-9(2)14-15(4)10(11)3/h5-8H2,1-4H3,(H,13,16). The van der Waals surface area contributed by atoms with Crippen LogP contribution in [-0.2, 0) is 18.3 Å². The molecule has 1 aromatic rings. The maximum Gasteiger partial charge on any atom is 0.220 e. The maximum atomic E-state index is 11.5.